The van der Waals surface area contributed by atoms with E-state index < -0.39 is 30.4 Å². The molecule has 1 aromatic carbocycles. The monoisotopic (exact) mass is 350 g/mol. The summed E-state index contributed by atoms with van der Waals surface area (Å²) in [5, 5.41) is 19.0. The highest BCUT2D eigenvalue weighted by Crippen LogP contribution is 2.27. The molecule has 0 aliphatic heterocycles. The Morgan fingerprint density at radius 3 is 2.71 bits per heavy atom. The number of carboxylic acids is 1. The molecule has 0 heterocycles. The number of hydrogen-bond acceptors (Lipinski definition) is 4. The van der Waals surface area contributed by atoms with E-state index in [2.05, 4.69) is 6.58 Å². The molecule has 6 nitrogen and oxygen atoms in total. The van der Waals surface area contributed by atoms with Gasteiger partial charge in [0.25, 0.3) is 0 Å². The van der Waals surface area contributed by atoms with Gasteiger partial charge in [-0.2, -0.15) is 5.26 Å². The van der Waals surface area contributed by atoms with Crippen molar-refractivity contribution < 1.29 is 19.4 Å². The number of aliphatic carboxylic acids is 1. The van der Waals surface area contributed by atoms with Gasteiger partial charge in [-0.05, 0) is 18.6 Å². The van der Waals surface area contributed by atoms with Crippen molar-refractivity contribution in [1.82, 2.24) is 4.90 Å². The third kappa shape index (κ3) is 4.49. The number of nitrogens with zero attached hydrogens (tertiary/aromatic N) is 2. The van der Waals surface area contributed by atoms with E-state index in [1.807, 2.05) is 6.07 Å². The maximum atomic E-state index is 12.2. The van der Waals surface area contributed by atoms with Gasteiger partial charge >= 0.3 is 5.97 Å². The number of nitriles is 1. The lowest BCUT2D eigenvalue weighted by molar-refractivity contribution is -0.159. The fourth-order valence-corrected chi connectivity index (χ4v) is 2.26. The lowest BCUT2D eigenvalue weighted by atomic mass is 9.94. The zero-order chi connectivity index (χ0) is 18.2. The molecule has 1 rings (SSSR count). The van der Waals surface area contributed by atoms with Crippen molar-refractivity contribution in [3.63, 3.8) is 0 Å². The average Bonchev–Trinajstić information content (AvgIpc) is 2.56. The Balaban J connectivity index is 3.07. The first kappa shape index (κ1) is 19.5. The van der Waals surface area contributed by atoms with Gasteiger partial charge in [0.05, 0.1) is 17.5 Å². The second-order valence-corrected chi connectivity index (χ2v) is 5.58. The molecule has 0 aliphatic carbocycles. The summed E-state index contributed by atoms with van der Waals surface area (Å²) in [7, 11) is 1.35. The fourth-order valence-electron chi connectivity index (χ4n) is 2.07. The topological polar surface area (TPSA) is 90.6 Å². The molecular weight excluding hydrogens is 332 g/mol. The van der Waals surface area contributed by atoms with Crippen LogP contribution in [-0.4, -0.2) is 41.1 Å². The molecule has 7 heteroatoms. The summed E-state index contributed by atoms with van der Waals surface area (Å²) in [6, 6.07) is 8.40. The number of ether oxygens (including phenoxy) is 1. The van der Waals surface area contributed by atoms with Crippen molar-refractivity contribution in [3.8, 4) is 11.8 Å². The van der Waals surface area contributed by atoms with Gasteiger partial charge in [-0.15, -0.1) is 6.58 Å². The largest absolute Gasteiger partial charge is 0.489 e. The first-order valence-electron chi connectivity index (χ1n) is 7.24. The summed E-state index contributed by atoms with van der Waals surface area (Å²) in [6.07, 6.45) is 1.67. The molecule has 0 aromatic heterocycles. The Bertz CT molecular complexity index is 656. The Hall–Kier alpha value is -2.52. The van der Waals surface area contributed by atoms with Crippen LogP contribution in [0.5, 0.6) is 5.75 Å². The Labute approximate surface area is 145 Å². The molecule has 1 amide bonds. The average molecular weight is 351 g/mol. The molecule has 0 radical (unpaired) electrons. The zero-order valence-corrected chi connectivity index (χ0v) is 14.1. The molecule has 0 saturated carbocycles. The van der Waals surface area contributed by atoms with Crippen molar-refractivity contribution in [1.29, 1.82) is 5.26 Å². The molecule has 1 aromatic rings. The van der Waals surface area contributed by atoms with E-state index in [1.165, 1.54) is 7.05 Å². The van der Waals surface area contributed by atoms with E-state index in [4.69, 9.17) is 21.6 Å². The van der Waals surface area contributed by atoms with Crippen molar-refractivity contribution in [2.45, 2.75) is 24.8 Å². The maximum absolute atomic E-state index is 12.2. The molecule has 1 unspecified atom stereocenters. The van der Waals surface area contributed by atoms with Crippen LogP contribution < -0.4 is 4.74 Å². The van der Waals surface area contributed by atoms with Gasteiger partial charge in [0, 0.05) is 13.5 Å². The number of carboxylic acid groups (broad SMARTS) is 1. The van der Waals surface area contributed by atoms with Crippen LogP contribution in [0.15, 0.2) is 36.9 Å². The predicted molar refractivity (Wildman–Crippen MR) is 89.7 cm³/mol. The van der Waals surface area contributed by atoms with Crippen molar-refractivity contribution >= 4 is 23.5 Å². The van der Waals surface area contributed by atoms with Gasteiger partial charge in [-0.3, -0.25) is 4.79 Å². The second kappa shape index (κ2) is 8.94. The molecule has 24 heavy (non-hydrogen) atoms. The third-order valence-corrected chi connectivity index (χ3v) is 3.96. The highest BCUT2D eigenvalue weighted by atomic mass is 35.5. The van der Waals surface area contributed by atoms with E-state index in [0.29, 0.717) is 11.4 Å². The number of carbonyl (C=O) groups excluding carboxylic acids is 1. The molecule has 0 spiro atoms. The normalized spacial score (nSPS) is 12.5. The number of para-hydroxylation sites is 1. The van der Waals surface area contributed by atoms with Crippen LogP contribution in [0.2, 0.25) is 5.02 Å². The highest BCUT2D eigenvalue weighted by Gasteiger charge is 2.46. The Kier molecular flexibility index (Phi) is 7.28. The molecular formula is C17H19ClN2O4. The predicted octanol–water partition coefficient (Wildman–Crippen LogP) is 2.88. The van der Waals surface area contributed by atoms with Crippen LogP contribution >= 0.6 is 11.6 Å². The highest BCUT2D eigenvalue weighted by molar-refractivity contribution is 6.32. The van der Waals surface area contributed by atoms with E-state index >= 15 is 0 Å². The maximum Gasteiger partial charge on any atom is 0.334 e. The number of benzene rings is 1. The van der Waals surface area contributed by atoms with Gasteiger partial charge in [-0.25, -0.2) is 4.79 Å². The van der Waals surface area contributed by atoms with Crippen LogP contribution in [0.4, 0.5) is 0 Å². The van der Waals surface area contributed by atoms with Crippen molar-refractivity contribution in [3.05, 3.63) is 41.9 Å². The lowest BCUT2D eigenvalue weighted by Crippen LogP contribution is -2.58. The molecule has 0 saturated heterocycles. The minimum atomic E-state index is -1.80. The van der Waals surface area contributed by atoms with Gasteiger partial charge in [0.15, 0.2) is 5.54 Å². The first-order valence-corrected chi connectivity index (χ1v) is 7.62. The number of allylic oxidation sites excluding steroid dienone is 1. The van der Waals surface area contributed by atoms with E-state index in [1.54, 1.807) is 30.3 Å². The SMILES string of the molecule is C=CCCC(=O)N(C)C(CC#N)(COc1ccccc1Cl)C(=O)O. The number of likely N-dealkylation sites (N-methyl/N-ethyl adjacent to an activating group) is 1. The number of amides is 1. The summed E-state index contributed by atoms with van der Waals surface area (Å²) >= 11 is 5.99. The number of hydrogen-bond donors (Lipinski definition) is 1. The molecule has 1 atom stereocenters. The van der Waals surface area contributed by atoms with Gasteiger partial charge in [0.2, 0.25) is 5.91 Å². The first-order chi connectivity index (χ1) is 11.4. The van der Waals surface area contributed by atoms with Crippen LogP contribution in [0, 0.1) is 11.3 Å². The van der Waals surface area contributed by atoms with Gasteiger partial charge in [0.1, 0.15) is 12.4 Å². The van der Waals surface area contributed by atoms with Crippen LogP contribution in [0.1, 0.15) is 19.3 Å². The number of carbonyl (C=O) groups is 2. The molecule has 0 fully saturated rings. The summed E-state index contributed by atoms with van der Waals surface area (Å²) in [6.45, 7) is 3.14. The summed E-state index contributed by atoms with van der Waals surface area (Å²) in [5.41, 5.74) is -1.80. The second-order valence-electron chi connectivity index (χ2n) is 5.17. The molecule has 128 valence electrons. The summed E-state index contributed by atoms with van der Waals surface area (Å²) in [5.74, 6) is -1.43. The summed E-state index contributed by atoms with van der Waals surface area (Å²) < 4.78 is 5.51. The number of halogens is 1. The molecule has 0 bridgehead atoms. The van der Waals surface area contributed by atoms with Crippen LogP contribution in [0.25, 0.3) is 0 Å². The smallest absolute Gasteiger partial charge is 0.334 e. The van der Waals surface area contributed by atoms with Gasteiger partial charge < -0.3 is 14.7 Å². The zero-order valence-electron chi connectivity index (χ0n) is 13.4. The summed E-state index contributed by atoms with van der Waals surface area (Å²) in [4.78, 5) is 25.1. The number of rotatable bonds is 9. The van der Waals surface area contributed by atoms with Gasteiger partial charge in [-0.1, -0.05) is 29.8 Å². The van der Waals surface area contributed by atoms with E-state index in [-0.39, 0.29) is 12.2 Å². The fraction of sp³-hybridized carbons (Fsp3) is 0.353. The molecule has 0 aliphatic rings. The minimum Gasteiger partial charge on any atom is -0.489 e. The standard InChI is InChI=1S/C17H19ClN2O4/c1-3-4-9-15(21)20(2)17(10-11-19,16(22)23)12-24-14-8-6-5-7-13(14)18/h3,5-8H,1,4,9-10,12H2,2H3,(H,22,23). The lowest BCUT2D eigenvalue weighted by Gasteiger charge is -2.36. The van der Waals surface area contributed by atoms with Crippen molar-refractivity contribution in [2.75, 3.05) is 13.7 Å². The van der Waals surface area contributed by atoms with Crippen molar-refractivity contribution in [2.24, 2.45) is 0 Å². The van der Waals surface area contributed by atoms with E-state index in [0.717, 1.165) is 4.90 Å². The third-order valence-electron chi connectivity index (χ3n) is 3.65. The molecule has 1 N–H and O–H groups in total. The van der Waals surface area contributed by atoms with Crippen LogP contribution in [-0.2, 0) is 9.59 Å². The quantitative estimate of drug-likeness (QED) is 0.691. The minimum absolute atomic E-state index is 0.104. The Morgan fingerprint density at radius 1 is 1.50 bits per heavy atom. The Morgan fingerprint density at radius 2 is 2.17 bits per heavy atom. The van der Waals surface area contributed by atoms with Crippen LogP contribution in [0.3, 0.4) is 0 Å². The van der Waals surface area contributed by atoms with E-state index in [9.17, 15) is 14.7 Å².